The molecule has 0 radical (unpaired) electrons. The first-order valence-electron chi connectivity index (χ1n) is 6.02. The van der Waals surface area contributed by atoms with Crippen LogP contribution >= 0.6 is 11.3 Å². The fraction of sp³-hybridized carbons (Fsp3) is 0.818. The normalized spacial score (nSPS) is 20.4. The fourth-order valence-corrected chi connectivity index (χ4v) is 2.68. The van der Waals surface area contributed by atoms with E-state index in [2.05, 4.69) is 22.4 Å². The summed E-state index contributed by atoms with van der Waals surface area (Å²) in [5.41, 5.74) is 0. The molecule has 0 aliphatic carbocycles. The minimum Gasteiger partial charge on any atom is -0.378 e. The van der Waals surface area contributed by atoms with Crippen LogP contribution in [0.25, 0.3) is 0 Å². The van der Waals surface area contributed by atoms with Crippen molar-refractivity contribution < 1.29 is 4.74 Å². The second kappa shape index (κ2) is 6.27. The molecule has 0 bridgehead atoms. The molecule has 0 saturated carbocycles. The standard InChI is InChI=1S/C11H19N3OS/c1-2-12-8-11-14-13-10(16-11)6-5-9-4-3-7-15-9/h9,12H,2-8H2,1H3. The van der Waals surface area contributed by atoms with E-state index in [-0.39, 0.29) is 0 Å². The quantitative estimate of drug-likeness (QED) is 0.824. The van der Waals surface area contributed by atoms with Crippen molar-refractivity contribution in [2.75, 3.05) is 13.2 Å². The zero-order valence-corrected chi connectivity index (χ0v) is 10.6. The van der Waals surface area contributed by atoms with Crippen LogP contribution in [0.5, 0.6) is 0 Å². The van der Waals surface area contributed by atoms with Gasteiger partial charge in [-0.1, -0.05) is 6.92 Å². The smallest absolute Gasteiger partial charge is 0.131 e. The molecule has 5 heteroatoms. The lowest BCUT2D eigenvalue weighted by atomic mass is 10.1. The molecule has 1 N–H and O–H groups in total. The van der Waals surface area contributed by atoms with Crippen LogP contribution in [-0.4, -0.2) is 29.5 Å². The summed E-state index contributed by atoms with van der Waals surface area (Å²) >= 11 is 1.72. The lowest BCUT2D eigenvalue weighted by Gasteiger charge is -2.06. The topological polar surface area (TPSA) is 47.0 Å². The molecule has 0 aromatic carbocycles. The summed E-state index contributed by atoms with van der Waals surface area (Å²) in [6, 6.07) is 0. The monoisotopic (exact) mass is 241 g/mol. The summed E-state index contributed by atoms with van der Waals surface area (Å²) < 4.78 is 5.59. The van der Waals surface area contributed by atoms with Gasteiger partial charge in [-0.05, 0) is 25.8 Å². The predicted octanol–water partition coefficient (Wildman–Crippen LogP) is 1.76. The molecular weight excluding hydrogens is 222 g/mol. The molecule has 2 rings (SSSR count). The molecule has 1 atom stereocenters. The van der Waals surface area contributed by atoms with Gasteiger partial charge in [0.05, 0.1) is 6.10 Å². The molecule has 1 aliphatic rings. The first-order valence-corrected chi connectivity index (χ1v) is 6.83. The summed E-state index contributed by atoms with van der Waals surface area (Å²) in [5.74, 6) is 0. The Labute approximate surface area is 100 Å². The van der Waals surface area contributed by atoms with Gasteiger partial charge in [-0.3, -0.25) is 0 Å². The molecule has 90 valence electrons. The molecule has 2 heterocycles. The predicted molar refractivity (Wildman–Crippen MR) is 64.6 cm³/mol. The van der Waals surface area contributed by atoms with Crippen molar-refractivity contribution in [2.24, 2.45) is 0 Å². The molecule has 1 saturated heterocycles. The van der Waals surface area contributed by atoms with E-state index in [4.69, 9.17) is 4.74 Å². The van der Waals surface area contributed by atoms with Crippen molar-refractivity contribution >= 4 is 11.3 Å². The zero-order valence-electron chi connectivity index (χ0n) is 9.74. The maximum Gasteiger partial charge on any atom is 0.131 e. The highest BCUT2D eigenvalue weighted by Gasteiger charge is 2.16. The van der Waals surface area contributed by atoms with Crippen LogP contribution in [0, 0.1) is 0 Å². The molecule has 0 spiro atoms. The SMILES string of the molecule is CCNCc1nnc(CCC2CCCO2)s1. The number of aryl methyl sites for hydroxylation is 1. The number of hydrogen-bond acceptors (Lipinski definition) is 5. The minimum atomic E-state index is 0.459. The average Bonchev–Trinajstić information content (AvgIpc) is 2.95. The average molecular weight is 241 g/mol. The highest BCUT2D eigenvalue weighted by molar-refractivity contribution is 7.11. The summed E-state index contributed by atoms with van der Waals surface area (Å²) in [6.07, 6.45) is 4.99. The molecule has 1 aliphatic heterocycles. The van der Waals surface area contributed by atoms with Gasteiger partial charge in [-0.15, -0.1) is 21.5 Å². The molecule has 4 nitrogen and oxygen atoms in total. The van der Waals surface area contributed by atoms with Crippen LogP contribution < -0.4 is 5.32 Å². The third-order valence-corrected chi connectivity index (χ3v) is 3.72. The summed E-state index contributed by atoms with van der Waals surface area (Å²) in [5, 5.41) is 13.9. The van der Waals surface area contributed by atoms with E-state index < -0.39 is 0 Å². The van der Waals surface area contributed by atoms with Crippen LogP contribution in [0.4, 0.5) is 0 Å². The van der Waals surface area contributed by atoms with Crippen LogP contribution in [0.1, 0.15) is 36.2 Å². The Morgan fingerprint density at radius 2 is 2.31 bits per heavy atom. The Morgan fingerprint density at radius 1 is 1.44 bits per heavy atom. The van der Waals surface area contributed by atoms with E-state index in [1.807, 2.05) is 0 Å². The minimum absolute atomic E-state index is 0.459. The molecule has 16 heavy (non-hydrogen) atoms. The Balaban J connectivity index is 1.73. The molecule has 1 aromatic rings. The van der Waals surface area contributed by atoms with Crippen LogP contribution in [-0.2, 0) is 17.7 Å². The molecule has 0 amide bonds. The largest absolute Gasteiger partial charge is 0.378 e. The van der Waals surface area contributed by atoms with Crippen LogP contribution in [0.15, 0.2) is 0 Å². The summed E-state index contributed by atoms with van der Waals surface area (Å²) in [7, 11) is 0. The van der Waals surface area contributed by atoms with Gasteiger partial charge in [0.1, 0.15) is 10.0 Å². The van der Waals surface area contributed by atoms with Gasteiger partial charge in [0.2, 0.25) is 0 Å². The van der Waals surface area contributed by atoms with Crippen molar-refractivity contribution in [3.8, 4) is 0 Å². The first-order chi connectivity index (χ1) is 7.88. The van der Waals surface area contributed by atoms with Gasteiger partial charge in [0.25, 0.3) is 0 Å². The number of hydrogen-bond donors (Lipinski definition) is 1. The molecule has 1 unspecified atom stereocenters. The second-order valence-corrected chi connectivity index (χ2v) is 5.19. The third kappa shape index (κ3) is 3.50. The van der Waals surface area contributed by atoms with Crippen LogP contribution in [0.3, 0.4) is 0 Å². The Morgan fingerprint density at radius 3 is 3.06 bits per heavy atom. The summed E-state index contributed by atoms with van der Waals surface area (Å²) in [4.78, 5) is 0. The lowest BCUT2D eigenvalue weighted by Crippen LogP contribution is -2.11. The van der Waals surface area contributed by atoms with Gasteiger partial charge in [0, 0.05) is 19.6 Å². The van der Waals surface area contributed by atoms with E-state index in [9.17, 15) is 0 Å². The van der Waals surface area contributed by atoms with Crippen molar-refractivity contribution in [2.45, 2.75) is 45.3 Å². The van der Waals surface area contributed by atoms with Gasteiger partial charge in [0.15, 0.2) is 0 Å². The van der Waals surface area contributed by atoms with E-state index in [0.29, 0.717) is 6.10 Å². The highest BCUT2D eigenvalue weighted by Crippen LogP contribution is 2.19. The Bertz CT molecular complexity index is 310. The number of nitrogens with zero attached hydrogens (tertiary/aromatic N) is 2. The van der Waals surface area contributed by atoms with Crippen LogP contribution in [0.2, 0.25) is 0 Å². The fourth-order valence-electron chi connectivity index (χ4n) is 1.85. The zero-order chi connectivity index (χ0) is 11.2. The van der Waals surface area contributed by atoms with Crippen molar-refractivity contribution in [3.05, 3.63) is 10.0 Å². The summed E-state index contributed by atoms with van der Waals surface area (Å²) in [6.45, 7) is 4.85. The maximum absolute atomic E-state index is 5.59. The van der Waals surface area contributed by atoms with Gasteiger partial charge < -0.3 is 10.1 Å². The number of ether oxygens (including phenoxy) is 1. The number of nitrogens with one attached hydrogen (secondary N) is 1. The van der Waals surface area contributed by atoms with E-state index >= 15 is 0 Å². The first kappa shape index (κ1) is 12.0. The highest BCUT2D eigenvalue weighted by atomic mass is 32.1. The van der Waals surface area contributed by atoms with Gasteiger partial charge in [-0.2, -0.15) is 0 Å². The number of aromatic nitrogens is 2. The van der Waals surface area contributed by atoms with E-state index in [1.54, 1.807) is 11.3 Å². The molecule has 1 aromatic heterocycles. The van der Waals surface area contributed by atoms with Crippen molar-refractivity contribution in [1.29, 1.82) is 0 Å². The van der Waals surface area contributed by atoms with Crippen molar-refractivity contribution in [1.82, 2.24) is 15.5 Å². The van der Waals surface area contributed by atoms with Gasteiger partial charge >= 0.3 is 0 Å². The van der Waals surface area contributed by atoms with Gasteiger partial charge in [-0.25, -0.2) is 0 Å². The van der Waals surface area contributed by atoms with E-state index in [1.165, 1.54) is 12.8 Å². The molecule has 1 fully saturated rings. The van der Waals surface area contributed by atoms with E-state index in [0.717, 1.165) is 42.6 Å². The lowest BCUT2D eigenvalue weighted by molar-refractivity contribution is 0.104. The maximum atomic E-state index is 5.59. The van der Waals surface area contributed by atoms with Crippen molar-refractivity contribution in [3.63, 3.8) is 0 Å². The molecular formula is C11H19N3OS. The number of rotatable bonds is 6. The second-order valence-electron chi connectivity index (χ2n) is 4.04. The Kier molecular flexibility index (Phi) is 4.69. The third-order valence-electron chi connectivity index (χ3n) is 2.74. The Hall–Kier alpha value is -0.520.